The highest BCUT2D eigenvalue weighted by atomic mass is 16.4. The average Bonchev–Trinajstić information content (AvgIpc) is 2.98. The number of nitrogens with one attached hydrogen (secondary N) is 2. The lowest BCUT2D eigenvalue weighted by atomic mass is 9.94. The smallest absolute Gasteiger partial charge is 0.315 e. The SMILES string of the molecule is CC(CC1CC1)NC(=O)NCC(C)(C)C(=O)O. The summed E-state index contributed by atoms with van der Waals surface area (Å²) in [5.74, 6) is -0.149. The molecule has 5 nitrogen and oxygen atoms in total. The number of aliphatic carboxylic acids is 1. The second-order valence-electron chi connectivity index (χ2n) is 5.60. The van der Waals surface area contributed by atoms with Crippen molar-refractivity contribution in [3.05, 3.63) is 0 Å². The van der Waals surface area contributed by atoms with Crippen LogP contribution in [0.2, 0.25) is 0 Å². The number of amides is 2. The van der Waals surface area contributed by atoms with E-state index in [1.807, 2.05) is 6.92 Å². The molecule has 0 aromatic heterocycles. The van der Waals surface area contributed by atoms with E-state index in [0.29, 0.717) is 0 Å². The van der Waals surface area contributed by atoms with Crippen LogP contribution in [0.1, 0.15) is 40.0 Å². The van der Waals surface area contributed by atoms with E-state index in [9.17, 15) is 9.59 Å². The molecule has 1 rings (SSSR count). The van der Waals surface area contributed by atoms with Crippen LogP contribution in [-0.4, -0.2) is 29.7 Å². The predicted molar refractivity (Wildman–Crippen MR) is 64.8 cm³/mol. The summed E-state index contributed by atoms with van der Waals surface area (Å²) in [7, 11) is 0. The number of hydrogen-bond donors (Lipinski definition) is 3. The van der Waals surface area contributed by atoms with E-state index >= 15 is 0 Å². The molecule has 0 bridgehead atoms. The quantitative estimate of drug-likeness (QED) is 0.661. The fourth-order valence-electron chi connectivity index (χ4n) is 1.56. The molecule has 5 heteroatoms. The molecule has 0 heterocycles. The van der Waals surface area contributed by atoms with Gasteiger partial charge in [-0.3, -0.25) is 4.79 Å². The summed E-state index contributed by atoms with van der Waals surface area (Å²) >= 11 is 0. The van der Waals surface area contributed by atoms with Crippen molar-refractivity contribution in [3.8, 4) is 0 Å². The third-order valence-electron chi connectivity index (χ3n) is 3.03. The lowest BCUT2D eigenvalue weighted by Crippen LogP contribution is -2.46. The minimum Gasteiger partial charge on any atom is -0.481 e. The van der Waals surface area contributed by atoms with Crippen molar-refractivity contribution in [2.75, 3.05) is 6.54 Å². The fourth-order valence-corrected chi connectivity index (χ4v) is 1.56. The molecule has 1 aliphatic carbocycles. The summed E-state index contributed by atoms with van der Waals surface area (Å²) in [5.41, 5.74) is -0.933. The van der Waals surface area contributed by atoms with Crippen molar-refractivity contribution in [2.45, 2.75) is 46.1 Å². The van der Waals surface area contributed by atoms with Crippen LogP contribution in [0.25, 0.3) is 0 Å². The lowest BCUT2D eigenvalue weighted by Gasteiger charge is -2.21. The van der Waals surface area contributed by atoms with Gasteiger partial charge in [0.25, 0.3) is 0 Å². The number of carboxylic acid groups (broad SMARTS) is 1. The Morgan fingerprint density at radius 1 is 1.41 bits per heavy atom. The Hall–Kier alpha value is -1.26. The van der Waals surface area contributed by atoms with Gasteiger partial charge in [-0.2, -0.15) is 0 Å². The fraction of sp³-hybridized carbons (Fsp3) is 0.833. The van der Waals surface area contributed by atoms with Gasteiger partial charge >= 0.3 is 12.0 Å². The van der Waals surface area contributed by atoms with Crippen LogP contribution in [0.4, 0.5) is 4.79 Å². The first-order valence-corrected chi connectivity index (χ1v) is 6.09. The van der Waals surface area contributed by atoms with Crippen LogP contribution in [0, 0.1) is 11.3 Å². The largest absolute Gasteiger partial charge is 0.481 e. The van der Waals surface area contributed by atoms with Gasteiger partial charge in [-0.1, -0.05) is 12.8 Å². The van der Waals surface area contributed by atoms with Gasteiger partial charge in [0.05, 0.1) is 5.41 Å². The molecule has 0 saturated heterocycles. The Morgan fingerprint density at radius 2 is 2.00 bits per heavy atom. The average molecular weight is 242 g/mol. The van der Waals surface area contributed by atoms with Crippen LogP contribution < -0.4 is 10.6 Å². The van der Waals surface area contributed by atoms with Gasteiger partial charge in [0.1, 0.15) is 0 Å². The van der Waals surface area contributed by atoms with Crippen molar-refractivity contribution < 1.29 is 14.7 Å². The third-order valence-corrected chi connectivity index (χ3v) is 3.03. The molecule has 0 radical (unpaired) electrons. The second kappa shape index (κ2) is 5.38. The molecule has 0 aromatic rings. The van der Waals surface area contributed by atoms with Crippen LogP contribution in [0.5, 0.6) is 0 Å². The van der Waals surface area contributed by atoms with Gasteiger partial charge in [-0.25, -0.2) is 4.79 Å². The zero-order chi connectivity index (χ0) is 13.1. The number of carbonyl (C=O) groups is 2. The monoisotopic (exact) mass is 242 g/mol. The summed E-state index contributed by atoms with van der Waals surface area (Å²) in [6.07, 6.45) is 3.54. The number of urea groups is 1. The Morgan fingerprint density at radius 3 is 2.47 bits per heavy atom. The summed E-state index contributed by atoms with van der Waals surface area (Å²) in [6.45, 7) is 5.27. The standard InChI is InChI=1S/C12H22N2O3/c1-8(6-9-4-5-9)14-11(17)13-7-12(2,3)10(15)16/h8-9H,4-7H2,1-3H3,(H,15,16)(H2,13,14,17). The molecule has 0 aromatic carbocycles. The third kappa shape index (κ3) is 5.06. The summed E-state index contributed by atoms with van der Waals surface area (Å²) in [4.78, 5) is 22.3. The molecular weight excluding hydrogens is 220 g/mol. The minimum absolute atomic E-state index is 0.129. The highest BCUT2D eigenvalue weighted by Gasteiger charge is 2.28. The summed E-state index contributed by atoms with van der Waals surface area (Å²) < 4.78 is 0. The molecule has 17 heavy (non-hydrogen) atoms. The van der Waals surface area contributed by atoms with Crippen molar-refractivity contribution >= 4 is 12.0 Å². The van der Waals surface area contributed by atoms with E-state index in [4.69, 9.17) is 5.11 Å². The van der Waals surface area contributed by atoms with Crippen LogP contribution in [0.3, 0.4) is 0 Å². The Bertz CT molecular complexity index is 298. The van der Waals surface area contributed by atoms with Crippen LogP contribution >= 0.6 is 0 Å². The number of carbonyl (C=O) groups excluding carboxylic acids is 1. The van der Waals surface area contributed by atoms with Gasteiger partial charge in [-0.15, -0.1) is 0 Å². The topological polar surface area (TPSA) is 78.4 Å². The first kappa shape index (κ1) is 13.8. The van der Waals surface area contributed by atoms with Crippen molar-refractivity contribution in [3.63, 3.8) is 0 Å². The zero-order valence-corrected chi connectivity index (χ0v) is 10.7. The van der Waals surface area contributed by atoms with Crippen molar-refractivity contribution in [1.82, 2.24) is 10.6 Å². The van der Waals surface area contributed by atoms with Crippen LogP contribution in [-0.2, 0) is 4.79 Å². The highest BCUT2D eigenvalue weighted by Crippen LogP contribution is 2.33. The highest BCUT2D eigenvalue weighted by molar-refractivity contribution is 5.77. The predicted octanol–water partition coefficient (Wildman–Crippen LogP) is 1.58. The molecule has 1 unspecified atom stereocenters. The molecule has 2 amide bonds. The maximum atomic E-state index is 11.5. The van der Waals surface area contributed by atoms with Gasteiger partial charge in [0.15, 0.2) is 0 Å². The molecule has 1 atom stereocenters. The van der Waals surface area contributed by atoms with E-state index in [1.165, 1.54) is 12.8 Å². The van der Waals surface area contributed by atoms with Crippen LogP contribution in [0.15, 0.2) is 0 Å². The first-order chi connectivity index (χ1) is 7.81. The Balaban J connectivity index is 2.21. The Kier molecular flexibility index (Phi) is 4.37. The molecule has 3 N–H and O–H groups in total. The van der Waals surface area contributed by atoms with E-state index in [1.54, 1.807) is 13.8 Å². The maximum absolute atomic E-state index is 11.5. The van der Waals surface area contributed by atoms with E-state index < -0.39 is 11.4 Å². The van der Waals surface area contributed by atoms with E-state index in [2.05, 4.69) is 10.6 Å². The van der Waals surface area contributed by atoms with E-state index in [0.717, 1.165) is 12.3 Å². The van der Waals surface area contributed by atoms with Gasteiger partial charge in [0.2, 0.25) is 0 Å². The number of hydrogen-bond acceptors (Lipinski definition) is 2. The van der Waals surface area contributed by atoms with Crippen molar-refractivity contribution in [1.29, 1.82) is 0 Å². The molecule has 0 spiro atoms. The van der Waals surface area contributed by atoms with Crippen molar-refractivity contribution in [2.24, 2.45) is 11.3 Å². The van der Waals surface area contributed by atoms with Gasteiger partial charge < -0.3 is 15.7 Å². The van der Waals surface area contributed by atoms with E-state index in [-0.39, 0.29) is 18.6 Å². The zero-order valence-electron chi connectivity index (χ0n) is 10.7. The maximum Gasteiger partial charge on any atom is 0.315 e. The number of carboxylic acids is 1. The Labute approximate surface area is 102 Å². The first-order valence-electron chi connectivity index (χ1n) is 6.09. The molecule has 1 saturated carbocycles. The normalized spacial score (nSPS) is 17.4. The second-order valence-corrected chi connectivity index (χ2v) is 5.60. The molecule has 0 aliphatic heterocycles. The van der Waals surface area contributed by atoms with Gasteiger partial charge in [-0.05, 0) is 33.1 Å². The van der Waals surface area contributed by atoms with Gasteiger partial charge in [0, 0.05) is 12.6 Å². The molecule has 98 valence electrons. The number of rotatable bonds is 6. The summed E-state index contributed by atoms with van der Waals surface area (Å²) in [5, 5.41) is 14.3. The molecule has 1 fully saturated rings. The minimum atomic E-state index is -0.933. The molecule has 1 aliphatic rings. The molecular formula is C12H22N2O3. The summed E-state index contributed by atoms with van der Waals surface area (Å²) in [6, 6.07) is -0.136. The lowest BCUT2D eigenvalue weighted by molar-refractivity contribution is -0.146.